The number of alkyl carbamates (subject to hydrolysis) is 1. The molecule has 0 bridgehead atoms. The van der Waals surface area contributed by atoms with Crippen LogP contribution in [0.15, 0.2) is 84.9 Å². The predicted octanol–water partition coefficient (Wildman–Crippen LogP) is 3.05. The van der Waals surface area contributed by atoms with E-state index in [1.54, 1.807) is 0 Å². The maximum atomic E-state index is 13.1. The van der Waals surface area contributed by atoms with Crippen molar-refractivity contribution in [3.05, 3.63) is 107 Å². The summed E-state index contributed by atoms with van der Waals surface area (Å²) in [6.45, 7) is 2.02. The van der Waals surface area contributed by atoms with Crippen molar-refractivity contribution in [2.75, 3.05) is 0 Å². The Kier molecular flexibility index (Phi) is 8.80. The first-order valence-corrected chi connectivity index (χ1v) is 11.1. The SMILES string of the molecule is Cc1cccc(C[C@@H](NC(=O)[C@H](Cc2ccccc2)NC(=O)OCc2ccccc2)C(N)=O)c1. The van der Waals surface area contributed by atoms with Crippen molar-refractivity contribution >= 4 is 17.9 Å². The molecule has 4 N–H and O–H groups in total. The van der Waals surface area contributed by atoms with E-state index in [1.807, 2.05) is 91.9 Å². The fourth-order valence-electron chi connectivity index (χ4n) is 3.54. The molecule has 3 aromatic rings. The van der Waals surface area contributed by atoms with E-state index in [0.717, 1.165) is 22.3 Å². The molecule has 3 amide bonds. The summed E-state index contributed by atoms with van der Waals surface area (Å²) in [7, 11) is 0. The lowest BCUT2D eigenvalue weighted by atomic mass is 10.0. The molecule has 0 aliphatic heterocycles. The summed E-state index contributed by atoms with van der Waals surface area (Å²) >= 11 is 0. The topological polar surface area (TPSA) is 111 Å². The monoisotopic (exact) mass is 459 g/mol. The lowest BCUT2D eigenvalue weighted by Gasteiger charge is -2.22. The Bertz CT molecular complexity index is 1100. The molecule has 0 radical (unpaired) electrons. The lowest BCUT2D eigenvalue weighted by molar-refractivity contribution is -0.128. The summed E-state index contributed by atoms with van der Waals surface area (Å²) in [5, 5.41) is 5.33. The van der Waals surface area contributed by atoms with Gasteiger partial charge in [0.25, 0.3) is 0 Å². The standard InChI is InChI=1S/C27H29N3O4/c1-19-9-8-14-22(15-19)17-23(25(28)31)29-26(32)24(16-20-10-4-2-5-11-20)30-27(33)34-18-21-12-6-3-7-13-21/h2-15,23-24H,16-18H2,1H3,(H2,28,31)(H,29,32)(H,30,33)/t23-,24+/m1/s1. The van der Waals surface area contributed by atoms with E-state index in [1.165, 1.54) is 0 Å². The van der Waals surface area contributed by atoms with Crippen LogP contribution in [-0.2, 0) is 33.8 Å². The number of hydrogen-bond acceptors (Lipinski definition) is 4. The van der Waals surface area contributed by atoms with Gasteiger partial charge in [-0.3, -0.25) is 9.59 Å². The molecule has 7 heteroatoms. The normalized spacial score (nSPS) is 12.3. The second-order valence-corrected chi connectivity index (χ2v) is 8.11. The van der Waals surface area contributed by atoms with Gasteiger partial charge in [-0.25, -0.2) is 4.79 Å². The molecule has 0 unspecified atom stereocenters. The number of amides is 3. The number of aryl methyl sites for hydroxylation is 1. The molecule has 0 heterocycles. The van der Waals surface area contributed by atoms with Crippen molar-refractivity contribution < 1.29 is 19.1 Å². The minimum atomic E-state index is -0.954. The van der Waals surface area contributed by atoms with Gasteiger partial charge in [-0.15, -0.1) is 0 Å². The maximum Gasteiger partial charge on any atom is 0.408 e. The number of nitrogens with one attached hydrogen (secondary N) is 2. The van der Waals surface area contributed by atoms with E-state index in [0.29, 0.717) is 0 Å². The summed E-state index contributed by atoms with van der Waals surface area (Å²) in [4.78, 5) is 37.7. The van der Waals surface area contributed by atoms with Crippen molar-refractivity contribution in [3.63, 3.8) is 0 Å². The van der Waals surface area contributed by atoms with Crippen molar-refractivity contribution in [1.29, 1.82) is 0 Å². The molecular formula is C27H29N3O4. The molecule has 0 spiro atoms. The number of hydrogen-bond donors (Lipinski definition) is 3. The van der Waals surface area contributed by atoms with Gasteiger partial charge in [0.1, 0.15) is 18.7 Å². The molecule has 176 valence electrons. The molecule has 3 rings (SSSR count). The van der Waals surface area contributed by atoms with Gasteiger partial charge in [-0.2, -0.15) is 0 Å². The minimum absolute atomic E-state index is 0.0730. The number of benzene rings is 3. The zero-order valence-corrected chi connectivity index (χ0v) is 19.1. The number of primary amides is 1. The van der Waals surface area contributed by atoms with Gasteiger partial charge in [-0.1, -0.05) is 90.5 Å². The van der Waals surface area contributed by atoms with E-state index in [2.05, 4.69) is 10.6 Å². The summed E-state index contributed by atoms with van der Waals surface area (Å²) < 4.78 is 5.29. The minimum Gasteiger partial charge on any atom is -0.445 e. The molecule has 0 saturated heterocycles. The first-order valence-electron chi connectivity index (χ1n) is 11.1. The summed E-state index contributed by atoms with van der Waals surface area (Å²) in [5.41, 5.74) is 9.16. The highest BCUT2D eigenvalue weighted by atomic mass is 16.5. The average Bonchev–Trinajstić information content (AvgIpc) is 2.83. The maximum absolute atomic E-state index is 13.1. The third kappa shape index (κ3) is 7.78. The van der Waals surface area contributed by atoms with Gasteiger partial charge in [0.15, 0.2) is 0 Å². The van der Waals surface area contributed by atoms with Gasteiger partial charge in [-0.05, 0) is 23.6 Å². The van der Waals surface area contributed by atoms with Gasteiger partial charge in [0, 0.05) is 12.8 Å². The van der Waals surface area contributed by atoms with Crippen molar-refractivity contribution in [2.24, 2.45) is 5.73 Å². The van der Waals surface area contributed by atoms with Gasteiger partial charge >= 0.3 is 6.09 Å². The second kappa shape index (κ2) is 12.2. The van der Waals surface area contributed by atoms with E-state index >= 15 is 0 Å². The molecule has 0 fully saturated rings. The Morgan fingerprint density at radius 1 is 0.765 bits per heavy atom. The molecule has 0 aliphatic carbocycles. The third-order valence-corrected chi connectivity index (χ3v) is 5.29. The molecule has 3 aromatic carbocycles. The highest BCUT2D eigenvalue weighted by molar-refractivity contribution is 5.91. The predicted molar refractivity (Wildman–Crippen MR) is 130 cm³/mol. The van der Waals surface area contributed by atoms with E-state index in [-0.39, 0.29) is 19.4 Å². The number of rotatable bonds is 10. The number of ether oxygens (including phenoxy) is 1. The van der Waals surface area contributed by atoms with Crippen LogP contribution in [0.2, 0.25) is 0 Å². The molecule has 7 nitrogen and oxygen atoms in total. The first-order chi connectivity index (χ1) is 16.4. The smallest absolute Gasteiger partial charge is 0.408 e. The Balaban J connectivity index is 1.69. The van der Waals surface area contributed by atoms with Gasteiger partial charge < -0.3 is 21.1 Å². The highest BCUT2D eigenvalue weighted by Gasteiger charge is 2.26. The summed E-state index contributed by atoms with van der Waals surface area (Å²) in [6.07, 6.45) is -0.253. The summed E-state index contributed by atoms with van der Waals surface area (Å²) in [5.74, 6) is -1.17. The van der Waals surface area contributed by atoms with Crippen LogP contribution in [0.25, 0.3) is 0 Å². The van der Waals surface area contributed by atoms with Crippen LogP contribution in [0.3, 0.4) is 0 Å². The quantitative estimate of drug-likeness (QED) is 0.433. The fraction of sp³-hybridized carbons (Fsp3) is 0.222. The molecule has 0 aromatic heterocycles. The van der Waals surface area contributed by atoms with Crippen LogP contribution in [0.4, 0.5) is 4.79 Å². The second-order valence-electron chi connectivity index (χ2n) is 8.11. The van der Waals surface area contributed by atoms with E-state index < -0.39 is 30.0 Å². The lowest BCUT2D eigenvalue weighted by Crippen LogP contribution is -2.54. The molecular weight excluding hydrogens is 430 g/mol. The van der Waals surface area contributed by atoms with Crippen LogP contribution in [0.5, 0.6) is 0 Å². The number of carbonyl (C=O) groups is 3. The largest absolute Gasteiger partial charge is 0.445 e. The van der Waals surface area contributed by atoms with Crippen molar-refractivity contribution in [3.8, 4) is 0 Å². The zero-order chi connectivity index (χ0) is 24.3. The van der Waals surface area contributed by atoms with Crippen LogP contribution in [-0.4, -0.2) is 30.0 Å². The van der Waals surface area contributed by atoms with Gasteiger partial charge in [0.05, 0.1) is 0 Å². The van der Waals surface area contributed by atoms with Crippen LogP contribution in [0.1, 0.15) is 22.3 Å². The van der Waals surface area contributed by atoms with Crippen LogP contribution >= 0.6 is 0 Å². The number of nitrogens with two attached hydrogens (primary N) is 1. The Morgan fingerprint density at radius 3 is 1.97 bits per heavy atom. The van der Waals surface area contributed by atoms with Gasteiger partial charge in [0.2, 0.25) is 11.8 Å². The molecule has 0 aliphatic rings. The Hall–Kier alpha value is -4.13. The van der Waals surface area contributed by atoms with Crippen LogP contribution in [0, 0.1) is 6.92 Å². The molecule has 0 saturated carbocycles. The number of carbonyl (C=O) groups excluding carboxylic acids is 3. The van der Waals surface area contributed by atoms with E-state index in [9.17, 15) is 14.4 Å². The Morgan fingerprint density at radius 2 is 1.35 bits per heavy atom. The van der Waals surface area contributed by atoms with E-state index in [4.69, 9.17) is 10.5 Å². The van der Waals surface area contributed by atoms with Crippen molar-refractivity contribution in [2.45, 2.75) is 38.5 Å². The summed E-state index contributed by atoms with van der Waals surface area (Å²) in [6, 6.07) is 24.3. The zero-order valence-electron chi connectivity index (χ0n) is 19.1. The fourth-order valence-corrected chi connectivity index (χ4v) is 3.54. The highest BCUT2D eigenvalue weighted by Crippen LogP contribution is 2.09. The molecule has 2 atom stereocenters. The Labute approximate surface area is 199 Å². The average molecular weight is 460 g/mol. The first kappa shape index (κ1) is 24.5. The third-order valence-electron chi connectivity index (χ3n) is 5.29. The van der Waals surface area contributed by atoms with Crippen LogP contribution < -0.4 is 16.4 Å². The molecule has 34 heavy (non-hydrogen) atoms. The van der Waals surface area contributed by atoms with Crippen molar-refractivity contribution in [1.82, 2.24) is 10.6 Å².